The van der Waals surface area contributed by atoms with Crippen molar-refractivity contribution in [1.82, 2.24) is 5.32 Å². The molecule has 1 fully saturated rings. The molecule has 20 heavy (non-hydrogen) atoms. The SMILES string of the molecule is CNC(=O)C1CCCN1c1sc([C@H](C)O)cc1[N+](=O)[O-]. The van der Waals surface area contributed by atoms with Gasteiger partial charge in [-0.2, -0.15) is 0 Å². The van der Waals surface area contributed by atoms with Crippen LogP contribution in [0.2, 0.25) is 0 Å². The fourth-order valence-corrected chi connectivity index (χ4v) is 3.52. The Bertz CT molecular complexity index is 529. The van der Waals surface area contributed by atoms with Crippen molar-refractivity contribution < 1.29 is 14.8 Å². The Morgan fingerprint density at radius 1 is 1.70 bits per heavy atom. The molecule has 1 aromatic rings. The lowest BCUT2D eigenvalue weighted by atomic mass is 10.2. The van der Waals surface area contributed by atoms with Crippen LogP contribution in [0.5, 0.6) is 0 Å². The van der Waals surface area contributed by atoms with E-state index >= 15 is 0 Å². The number of thiophene rings is 1. The summed E-state index contributed by atoms with van der Waals surface area (Å²) in [5, 5.41) is 23.8. The topological polar surface area (TPSA) is 95.7 Å². The van der Waals surface area contributed by atoms with Gasteiger partial charge in [-0.15, -0.1) is 11.3 Å². The second-order valence-corrected chi connectivity index (χ2v) is 5.80. The molecule has 7 nitrogen and oxygen atoms in total. The number of likely N-dealkylation sites (N-methyl/N-ethyl adjacent to an activating group) is 1. The number of anilines is 1. The van der Waals surface area contributed by atoms with E-state index in [1.807, 2.05) is 0 Å². The van der Waals surface area contributed by atoms with Crippen LogP contribution in [0.4, 0.5) is 10.7 Å². The van der Waals surface area contributed by atoms with Crippen LogP contribution in [0.15, 0.2) is 6.07 Å². The molecule has 2 rings (SSSR count). The minimum atomic E-state index is -0.756. The number of hydrogen-bond acceptors (Lipinski definition) is 6. The normalized spacial score (nSPS) is 19.9. The third kappa shape index (κ3) is 2.61. The molecule has 0 saturated carbocycles. The standard InChI is InChI=1S/C12H17N3O4S/c1-7(16)10-6-9(15(18)19)12(20-10)14-5-3-4-8(14)11(17)13-2/h6-8,16H,3-5H2,1-2H3,(H,13,17)/t7-,8?/m0/s1. The summed E-state index contributed by atoms with van der Waals surface area (Å²) in [5.74, 6) is -0.135. The molecule has 1 unspecified atom stereocenters. The van der Waals surface area contributed by atoms with Gasteiger partial charge in [0.15, 0.2) is 5.00 Å². The monoisotopic (exact) mass is 299 g/mol. The van der Waals surface area contributed by atoms with Gasteiger partial charge in [0.25, 0.3) is 0 Å². The van der Waals surface area contributed by atoms with Gasteiger partial charge in [0.05, 0.1) is 11.0 Å². The van der Waals surface area contributed by atoms with Crippen molar-refractivity contribution in [2.24, 2.45) is 0 Å². The van der Waals surface area contributed by atoms with Crippen molar-refractivity contribution in [2.45, 2.75) is 31.9 Å². The van der Waals surface area contributed by atoms with E-state index in [9.17, 15) is 20.0 Å². The highest BCUT2D eigenvalue weighted by Gasteiger charge is 2.36. The molecule has 2 N–H and O–H groups in total. The molecule has 0 bridgehead atoms. The van der Waals surface area contributed by atoms with E-state index in [1.165, 1.54) is 17.4 Å². The lowest BCUT2D eigenvalue weighted by Crippen LogP contribution is -2.41. The van der Waals surface area contributed by atoms with E-state index in [0.717, 1.165) is 6.42 Å². The third-order valence-corrected chi connectivity index (χ3v) is 4.72. The van der Waals surface area contributed by atoms with Gasteiger partial charge in [0.1, 0.15) is 6.04 Å². The van der Waals surface area contributed by atoms with Crippen molar-refractivity contribution in [3.63, 3.8) is 0 Å². The van der Waals surface area contributed by atoms with Gasteiger partial charge < -0.3 is 15.3 Å². The largest absolute Gasteiger partial charge is 0.388 e. The summed E-state index contributed by atoms with van der Waals surface area (Å²) in [6.45, 7) is 2.18. The van der Waals surface area contributed by atoms with Gasteiger partial charge in [0, 0.05) is 24.5 Å². The van der Waals surface area contributed by atoms with Gasteiger partial charge in [-0.05, 0) is 19.8 Å². The molecular formula is C12H17N3O4S. The molecule has 1 aromatic heterocycles. The minimum Gasteiger partial charge on any atom is -0.388 e. The van der Waals surface area contributed by atoms with Crippen LogP contribution >= 0.6 is 11.3 Å². The van der Waals surface area contributed by atoms with Crippen molar-refractivity contribution >= 4 is 27.9 Å². The molecule has 0 radical (unpaired) electrons. The summed E-state index contributed by atoms with van der Waals surface area (Å²) in [6.07, 6.45) is 0.740. The Hall–Kier alpha value is -1.67. The van der Waals surface area contributed by atoms with Gasteiger partial charge >= 0.3 is 5.69 Å². The lowest BCUT2D eigenvalue weighted by molar-refractivity contribution is -0.383. The fourth-order valence-electron chi connectivity index (χ4n) is 2.38. The Balaban J connectivity index is 2.40. The summed E-state index contributed by atoms with van der Waals surface area (Å²) in [4.78, 5) is 24.9. The van der Waals surface area contributed by atoms with Crippen LogP contribution in [0.3, 0.4) is 0 Å². The fraction of sp³-hybridized carbons (Fsp3) is 0.583. The maximum Gasteiger partial charge on any atom is 0.304 e. The molecule has 1 amide bonds. The van der Waals surface area contributed by atoms with E-state index in [-0.39, 0.29) is 17.6 Å². The minimum absolute atomic E-state index is 0.0401. The molecule has 1 saturated heterocycles. The Kier molecular flexibility index (Phi) is 4.24. The molecule has 2 atom stereocenters. The predicted molar refractivity (Wildman–Crippen MR) is 76.0 cm³/mol. The van der Waals surface area contributed by atoms with Crippen molar-refractivity contribution in [1.29, 1.82) is 0 Å². The third-order valence-electron chi connectivity index (χ3n) is 3.38. The summed E-state index contributed by atoms with van der Waals surface area (Å²) in [6, 6.07) is 1.02. The summed E-state index contributed by atoms with van der Waals surface area (Å²) in [5.41, 5.74) is -0.0401. The number of nitro groups is 1. The second-order valence-electron chi connectivity index (χ2n) is 4.74. The zero-order valence-electron chi connectivity index (χ0n) is 11.3. The van der Waals surface area contributed by atoms with Gasteiger partial charge in [-0.3, -0.25) is 14.9 Å². The number of amides is 1. The Morgan fingerprint density at radius 3 is 2.95 bits per heavy atom. The van der Waals surface area contributed by atoms with Crippen molar-refractivity contribution in [3.8, 4) is 0 Å². The number of aliphatic hydroxyl groups excluding tert-OH is 1. The van der Waals surface area contributed by atoms with Crippen molar-refractivity contribution in [3.05, 3.63) is 21.1 Å². The number of nitrogens with zero attached hydrogens (tertiary/aromatic N) is 2. The van der Waals surface area contributed by atoms with Gasteiger partial charge in [-0.25, -0.2) is 0 Å². The molecule has 8 heteroatoms. The quantitative estimate of drug-likeness (QED) is 0.647. The van der Waals surface area contributed by atoms with E-state index in [0.29, 0.717) is 22.8 Å². The van der Waals surface area contributed by atoms with Crippen molar-refractivity contribution in [2.75, 3.05) is 18.5 Å². The van der Waals surface area contributed by atoms with E-state index in [1.54, 1.807) is 18.9 Å². The molecule has 1 aliphatic heterocycles. The first kappa shape index (κ1) is 14.7. The first-order chi connectivity index (χ1) is 9.45. The number of aliphatic hydroxyl groups is 1. The van der Waals surface area contributed by atoms with E-state index in [4.69, 9.17) is 0 Å². The van der Waals surface area contributed by atoms with E-state index in [2.05, 4.69) is 5.32 Å². The van der Waals surface area contributed by atoms with Gasteiger partial charge in [-0.1, -0.05) is 0 Å². The molecule has 0 aliphatic carbocycles. The highest BCUT2D eigenvalue weighted by atomic mass is 32.1. The summed E-state index contributed by atoms with van der Waals surface area (Å²) in [7, 11) is 1.56. The lowest BCUT2D eigenvalue weighted by Gasteiger charge is -2.23. The summed E-state index contributed by atoms with van der Waals surface area (Å²) < 4.78 is 0. The average molecular weight is 299 g/mol. The van der Waals surface area contributed by atoms with Crippen LogP contribution in [0.25, 0.3) is 0 Å². The van der Waals surface area contributed by atoms with Crippen LogP contribution in [-0.2, 0) is 4.79 Å². The molecular weight excluding hydrogens is 282 g/mol. The highest BCUT2D eigenvalue weighted by Crippen LogP contribution is 2.42. The van der Waals surface area contributed by atoms with Crippen LogP contribution in [-0.4, -0.2) is 35.6 Å². The highest BCUT2D eigenvalue weighted by molar-refractivity contribution is 7.16. The smallest absolute Gasteiger partial charge is 0.304 e. The second kappa shape index (κ2) is 5.76. The van der Waals surface area contributed by atoms with Crippen LogP contribution < -0.4 is 10.2 Å². The number of hydrogen-bond donors (Lipinski definition) is 2. The van der Waals surface area contributed by atoms with E-state index < -0.39 is 11.0 Å². The molecule has 1 aliphatic rings. The number of carbonyl (C=O) groups excluding carboxylic acids is 1. The van der Waals surface area contributed by atoms with Crippen LogP contribution in [0, 0.1) is 10.1 Å². The number of nitrogens with one attached hydrogen (secondary N) is 1. The molecule has 110 valence electrons. The van der Waals surface area contributed by atoms with Gasteiger partial charge in [0.2, 0.25) is 5.91 Å². The zero-order chi connectivity index (χ0) is 14.9. The Labute approximate surface area is 120 Å². The number of rotatable bonds is 4. The first-order valence-corrected chi connectivity index (χ1v) is 7.21. The van der Waals surface area contributed by atoms with Crippen LogP contribution in [0.1, 0.15) is 30.7 Å². The summed E-state index contributed by atoms with van der Waals surface area (Å²) >= 11 is 1.18. The average Bonchev–Trinajstić information content (AvgIpc) is 3.03. The molecule has 0 aromatic carbocycles. The number of carbonyl (C=O) groups is 1. The predicted octanol–water partition coefficient (Wildman–Crippen LogP) is 1.42. The maximum absolute atomic E-state index is 11.9. The first-order valence-electron chi connectivity index (χ1n) is 6.40. The molecule has 0 spiro atoms. The Morgan fingerprint density at radius 2 is 2.40 bits per heavy atom. The maximum atomic E-state index is 11.9. The zero-order valence-corrected chi connectivity index (χ0v) is 12.1. The molecule has 2 heterocycles.